The number of rotatable bonds is 2. The first-order valence-corrected chi connectivity index (χ1v) is 7.40. The van der Waals surface area contributed by atoms with Gasteiger partial charge in [-0.05, 0) is 30.0 Å². The fraction of sp³-hybridized carbons (Fsp3) is 0.417. The van der Waals surface area contributed by atoms with Crippen molar-refractivity contribution in [2.24, 2.45) is 11.7 Å². The lowest BCUT2D eigenvalue weighted by molar-refractivity contribution is 0.479. The summed E-state index contributed by atoms with van der Waals surface area (Å²) in [5, 5.41) is 8.75. The van der Waals surface area contributed by atoms with Gasteiger partial charge in [0.25, 0.3) is 0 Å². The smallest absolute Gasteiger partial charge is 0.150 e. The molecule has 2 atom stereocenters. The average molecular weight is 268 g/mol. The molecule has 6 heteroatoms. The third-order valence-corrected chi connectivity index (χ3v) is 5.07. The summed E-state index contributed by atoms with van der Waals surface area (Å²) in [6.45, 7) is 0. The van der Waals surface area contributed by atoms with Crippen LogP contribution in [-0.4, -0.2) is 19.9 Å². The van der Waals surface area contributed by atoms with Gasteiger partial charge in [0.15, 0.2) is 9.84 Å². The Morgan fingerprint density at radius 1 is 1.50 bits per heavy atom. The molecule has 0 radical (unpaired) electrons. The summed E-state index contributed by atoms with van der Waals surface area (Å²) in [6.07, 6.45) is 0.517. The van der Waals surface area contributed by atoms with E-state index in [9.17, 15) is 12.8 Å². The Balaban J connectivity index is 2.25. The second-order valence-electron chi connectivity index (χ2n) is 4.54. The maximum Gasteiger partial charge on any atom is 0.150 e. The average Bonchev–Trinajstić information content (AvgIpc) is 2.69. The van der Waals surface area contributed by atoms with Crippen LogP contribution in [0.25, 0.3) is 0 Å². The van der Waals surface area contributed by atoms with Crippen LogP contribution in [-0.2, 0) is 9.84 Å². The van der Waals surface area contributed by atoms with Gasteiger partial charge >= 0.3 is 0 Å². The molecule has 0 aliphatic carbocycles. The van der Waals surface area contributed by atoms with Crippen molar-refractivity contribution in [2.75, 3.05) is 11.5 Å². The molecule has 1 heterocycles. The molecule has 2 unspecified atom stereocenters. The van der Waals surface area contributed by atoms with Crippen LogP contribution >= 0.6 is 0 Å². The fourth-order valence-corrected chi connectivity index (χ4v) is 4.07. The first-order chi connectivity index (χ1) is 8.43. The second kappa shape index (κ2) is 4.67. The molecule has 2 rings (SSSR count). The van der Waals surface area contributed by atoms with E-state index in [0.717, 1.165) is 0 Å². The lowest BCUT2D eigenvalue weighted by Crippen LogP contribution is -2.22. The summed E-state index contributed by atoms with van der Waals surface area (Å²) in [6, 6.07) is 5.36. The number of nitriles is 1. The van der Waals surface area contributed by atoms with Gasteiger partial charge in [0.1, 0.15) is 11.9 Å². The van der Waals surface area contributed by atoms with E-state index in [-0.39, 0.29) is 23.0 Å². The molecule has 96 valence electrons. The minimum atomic E-state index is -2.99. The molecular formula is C12H13FN2O2S. The minimum Gasteiger partial charge on any atom is -0.324 e. The predicted molar refractivity (Wildman–Crippen MR) is 64.8 cm³/mol. The third-order valence-electron chi connectivity index (χ3n) is 3.27. The van der Waals surface area contributed by atoms with Crippen LogP contribution in [0.15, 0.2) is 18.2 Å². The van der Waals surface area contributed by atoms with Crippen molar-refractivity contribution in [1.29, 1.82) is 5.26 Å². The Hall–Kier alpha value is -1.45. The summed E-state index contributed by atoms with van der Waals surface area (Å²) in [5.41, 5.74) is 6.54. The fourth-order valence-electron chi connectivity index (χ4n) is 2.22. The van der Waals surface area contributed by atoms with Crippen LogP contribution in [0.4, 0.5) is 4.39 Å². The number of hydrogen-bond acceptors (Lipinski definition) is 4. The van der Waals surface area contributed by atoms with Crippen molar-refractivity contribution >= 4 is 9.84 Å². The molecule has 4 nitrogen and oxygen atoms in total. The first-order valence-electron chi connectivity index (χ1n) is 5.58. The molecule has 1 saturated heterocycles. The number of hydrogen-bond donors (Lipinski definition) is 1. The van der Waals surface area contributed by atoms with E-state index in [1.807, 2.05) is 0 Å². The normalized spacial score (nSPS) is 23.5. The van der Waals surface area contributed by atoms with Crippen LogP contribution in [0.3, 0.4) is 0 Å². The summed E-state index contributed by atoms with van der Waals surface area (Å²) in [5.74, 6) is -0.537. The standard InChI is InChI=1S/C12H13FN2O2S/c13-11-2-1-8(5-10(11)6-14)12(15)9-3-4-18(16,17)7-9/h1-2,5,9,12H,3-4,7,15H2. The number of nitrogens with two attached hydrogens (primary N) is 1. The molecule has 1 aliphatic rings. The highest BCUT2D eigenvalue weighted by Crippen LogP contribution is 2.30. The van der Waals surface area contributed by atoms with Gasteiger partial charge in [-0.25, -0.2) is 12.8 Å². The topological polar surface area (TPSA) is 83.9 Å². The van der Waals surface area contributed by atoms with E-state index in [0.29, 0.717) is 12.0 Å². The van der Waals surface area contributed by atoms with Gasteiger partial charge in [-0.1, -0.05) is 6.07 Å². The molecule has 18 heavy (non-hydrogen) atoms. The van der Waals surface area contributed by atoms with Gasteiger partial charge in [0.2, 0.25) is 0 Å². The highest BCUT2D eigenvalue weighted by atomic mass is 32.2. The molecule has 0 spiro atoms. The Labute approximate surface area is 105 Å². The molecule has 0 saturated carbocycles. The quantitative estimate of drug-likeness (QED) is 0.871. The minimum absolute atomic E-state index is 0.0629. The maximum atomic E-state index is 13.2. The van der Waals surface area contributed by atoms with Gasteiger partial charge in [-0.2, -0.15) is 5.26 Å². The number of sulfone groups is 1. The van der Waals surface area contributed by atoms with E-state index in [2.05, 4.69) is 0 Å². The molecule has 1 aromatic carbocycles. The summed E-state index contributed by atoms with van der Waals surface area (Å²) < 4.78 is 35.9. The van der Waals surface area contributed by atoms with E-state index in [1.165, 1.54) is 18.2 Å². The largest absolute Gasteiger partial charge is 0.324 e. The molecule has 2 N–H and O–H groups in total. The van der Waals surface area contributed by atoms with Crippen LogP contribution < -0.4 is 5.73 Å². The highest BCUT2D eigenvalue weighted by molar-refractivity contribution is 7.91. The molecule has 1 aliphatic heterocycles. The van der Waals surface area contributed by atoms with E-state index in [1.54, 1.807) is 6.07 Å². The van der Waals surface area contributed by atoms with Gasteiger partial charge < -0.3 is 5.73 Å². The van der Waals surface area contributed by atoms with Crippen LogP contribution in [0.1, 0.15) is 23.6 Å². The lowest BCUT2D eigenvalue weighted by Gasteiger charge is -2.18. The van der Waals surface area contributed by atoms with E-state index >= 15 is 0 Å². The number of benzene rings is 1. The van der Waals surface area contributed by atoms with Crippen LogP contribution in [0.2, 0.25) is 0 Å². The Morgan fingerprint density at radius 2 is 2.22 bits per heavy atom. The number of halogens is 1. The van der Waals surface area contributed by atoms with Crippen molar-refractivity contribution in [3.63, 3.8) is 0 Å². The van der Waals surface area contributed by atoms with Gasteiger partial charge in [0, 0.05) is 6.04 Å². The van der Waals surface area contributed by atoms with Gasteiger partial charge in [-0.15, -0.1) is 0 Å². The van der Waals surface area contributed by atoms with Crippen molar-refractivity contribution in [3.05, 3.63) is 35.1 Å². The third kappa shape index (κ3) is 2.52. The van der Waals surface area contributed by atoms with Crippen molar-refractivity contribution in [1.82, 2.24) is 0 Å². The molecule has 0 amide bonds. The van der Waals surface area contributed by atoms with Crippen molar-refractivity contribution in [2.45, 2.75) is 12.5 Å². The van der Waals surface area contributed by atoms with E-state index < -0.39 is 21.7 Å². The Kier molecular flexibility index (Phi) is 3.37. The lowest BCUT2D eigenvalue weighted by atomic mass is 9.92. The van der Waals surface area contributed by atoms with Gasteiger partial charge in [-0.3, -0.25) is 0 Å². The van der Waals surface area contributed by atoms with E-state index in [4.69, 9.17) is 11.0 Å². The summed E-state index contributed by atoms with van der Waals surface area (Å²) in [7, 11) is -2.99. The molecular weight excluding hydrogens is 255 g/mol. The zero-order valence-electron chi connectivity index (χ0n) is 9.64. The number of nitrogens with zero attached hydrogens (tertiary/aromatic N) is 1. The van der Waals surface area contributed by atoms with Crippen LogP contribution in [0, 0.1) is 23.1 Å². The SMILES string of the molecule is N#Cc1cc(C(N)C2CCS(=O)(=O)C2)ccc1F. The van der Waals surface area contributed by atoms with Gasteiger partial charge in [0.05, 0.1) is 17.1 Å². The predicted octanol–water partition coefficient (Wildman–Crippen LogP) is 1.13. The second-order valence-corrected chi connectivity index (χ2v) is 6.77. The molecule has 0 bridgehead atoms. The Morgan fingerprint density at radius 3 is 2.78 bits per heavy atom. The zero-order chi connectivity index (χ0) is 13.3. The first kappa shape index (κ1) is 13.0. The monoisotopic (exact) mass is 268 g/mol. The molecule has 1 aromatic rings. The Bertz CT molecular complexity index is 607. The molecule has 0 aromatic heterocycles. The summed E-state index contributed by atoms with van der Waals surface area (Å²) >= 11 is 0. The van der Waals surface area contributed by atoms with Crippen LogP contribution in [0.5, 0.6) is 0 Å². The highest BCUT2D eigenvalue weighted by Gasteiger charge is 2.32. The van der Waals surface area contributed by atoms with Crippen molar-refractivity contribution in [3.8, 4) is 6.07 Å². The molecule has 1 fully saturated rings. The van der Waals surface area contributed by atoms with Crippen molar-refractivity contribution < 1.29 is 12.8 Å². The zero-order valence-corrected chi connectivity index (χ0v) is 10.5. The summed E-state index contributed by atoms with van der Waals surface area (Å²) in [4.78, 5) is 0. The maximum absolute atomic E-state index is 13.2.